The van der Waals surface area contributed by atoms with E-state index in [1.807, 2.05) is 24.3 Å². The van der Waals surface area contributed by atoms with Gasteiger partial charge in [-0.1, -0.05) is 66.2 Å². The van der Waals surface area contributed by atoms with Gasteiger partial charge in [-0.25, -0.2) is 0 Å². The summed E-state index contributed by atoms with van der Waals surface area (Å²) < 4.78 is 5.98. The van der Waals surface area contributed by atoms with Crippen LogP contribution < -0.4 is 5.32 Å². The van der Waals surface area contributed by atoms with Crippen LogP contribution >= 0.6 is 0 Å². The fourth-order valence-corrected chi connectivity index (χ4v) is 4.08. The second-order valence-corrected chi connectivity index (χ2v) is 8.19. The number of hydrogen-bond acceptors (Lipinski definition) is 4. The maximum absolute atomic E-state index is 5.98. The van der Waals surface area contributed by atoms with E-state index in [1.165, 1.54) is 22.1 Å². The number of para-hydroxylation sites is 1. The molecular formula is C27H26N4O. The maximum atomic E-state index is 5.98. The van der Waals surface area contributed by atoms with Gasteiger partial charge in [-0.2, -0.15) is 0 Å². The molecule has 0 aliphatic carbocycles. The van der Waals surface area contributed by atoms with Gasteiger partial charge in [0.2, 0.25) is 11.8 Å². The Bertz CT molecular complexity index is 1300. The van der Waals surface area contributed by atoms with E-state index < -0.39 is 0 Å². The molecular weight excluding hydrogens is 396 g/mol. The Morgan fingerprint density at radius 1 is 0.906 bits per heavy atom. The molecule has 5 aromatic rings. The van der Waals surface area contributed by atoms with Gasteiger partial charge in [0.1, 0.15) is 0 Å². The first-order valence-electron chi connectivity index (χ1n) is 10.9. The molecule has 0 unspecified atom stereocenters. The van der Waals surface area contributed by atoms with E-state index in [1.54, 1.807) is 0 Å². The lowest BCUT2D eigenvalue weighted by molar-refractivity contribution is 0.418. The summed E-state index contributed by atoms with van der Waals surface area (Å²) in [4.78, 5) is 3.41. The molecule has 2 atom stereocenters. The molecule has 3 aromatic carbocycles. The summed E-state index contributed by atoms with van der Waals surface area (Å²) in [6, 6.07) is 27.1. The topological polar surface area (TPSA) is 66.7 Å². The molecule has 2 heterocycles. The Kier molecular flexibility index (Phi) is 5.57. The molecule has 0 aliphatic heterocycles. The number of aromatic nitrogens is 3. The van der Waals surface area contributed by atoms with Crippen LogP contribution in [0.25, 0.3) is 22.4 Å². The van der Waals surface area contributed by atoms with Crippen LogP contribution in [0.1, 0.15) is 41.5 Å². The quantitative estimate of drug-likeness (QED) is 0.337. The fraction of sp³-hybridized carbons (Fsp3) is 0.185. The minimum absolute atomic E-state index is 0.0712. The van der Waals surface area contributed by atoms with Crippen molar-refractivity contribution in [2.45, 2.75) is 25.8 Å². The highest BCUT2D eigenvalue weighted by atomic mass is 16.4. The van der Waals surface area contributed by atoms with E-state index in [0.29, 0.717) is 11.8 Å². The third kappa shape index (κ3) is 4.07. The lowest BCUT2D eigenvalue weighted by atomic mass is 9.90. The maximum Gasteiger partial charge on any atom is 0.247 e. The SMILES string of the molecule is Cc1ccc(-c2nnc([C@@H](C)NC[C@@H](c3ccccc3)c3c[nH]c4ccccc34)o2)cc1. The second kappa shape index (κ2) is 8.81. The van der Waals surface area contributed by atoms with E-state index in [2.05, 4.69) is 95.1 Å². The smallest absolute Gasteiger partial charge is 0.247 e. The standard InChI is InChI=1S/C27H26N4O/c1-18-12-14-21(15-13-18)27-31-30-26(32-27)19(2)28-16-23(20-8-4-3-5-9-20)24-17-29-25-11-7-6-10-22(24)25/h3-15,17,19,23,28-29H,16H2,1-2H3/t19-,23+/m1/s1. The molecule has 5 heteroatoms. The Morgan fingerprint density at radius 2 is 1.66 bits per heavy atom. The number of fused-ring (bicyclic) bond motifs is 1. The molecule has 0 fully saturated rings. The number of aryl methyl sites for hydroxylation is 1. The third-order valence-electron chi connectivity index (χ3n) is 5.94. The zero-order valence-corrected chi connectivity index (χ0v) is 18.2. The minimum atomic E-state index is -0.0712. The van der Waals surface area contributed by atoms with Crippen LogP contribution in [0.15, 0.2) is 89.5 Å². The zero-order valence-electron chi connectivity index (χ0n) is 18.2. The van der Waals surface area contributed by atoms with Crippen molar-refractivity contribution in [3.05, 3.63) is 108 Å². The van der Waals surface area contributed by atoms with E-state index in [4.69, 9.17) is 4.42 Å². The first-order chi connectivity index (χ1) is 15.7. The van der Waals surface area contributed by atoms with Crippen LogP contribution in [0.3, 0.4) is 0 Å². The van der Waals surface area contributed by atoms with E-state index in [9.17, 15) is 0 Å². The number of hydrogen-bond donors (Lipinski definition) is 2. The fourth-order valence-electron chi connectivity index (χ4n) is 4.08. The van der Waals surface area contributed by atoms with Crippen LogP contribution in [-0.4, -0.2) is 21.7 Å². The lowest BCUT2D eigenvalue weighted by Crippen LogP contribution is -2.25. The monoisotopic (exact) mass is 422 g/mol. The summed E-state index contributed by atoms with van der Waals surface area (Å²) in [5.74, 6) is 1.32. The molecule has 160 valence electrons. The van der Waals surface area contributed by atoms with Gasteiger partial charge in [0, 0.05) is 35.1 Å². The van der Waals surface area contributed by atoms with Gasteiger partial charge in [-0.3, -0.25) is 0 Å². The molecule has 0 spiro atoms. The highest BCUT2D eigenvalue weighted by molar-refractivity contribution is 5.84. The molecule has 0 saturated carbocycles. The van der Waals surface area contributed by atoms with Crippen molar-refractivity contribution >= 4 is 10.9 Å². The number of rotatable bonds is 7. The van der Waals surface area contributed by atoms with Gasteiger partial charge in [0.05, 0.1) is 6.04 Å². The molecule has 2 aromatic heterocycles. The summed E-state index contributed by atoms with van der Waals surface area (Å²) in [6.45, 7) is 4.87. The summed E-state index contributed by atoms with van der Waals surface area (Å²) in [6.07, 6.45) is 2.12. The summed E-state index contributed by atoms with van der Waals surface area (Å²) in [5.41, 5.74) is 5.83. The molecule has 0 bridgehead atoms. The highest BCUT2D eigenvalue weighted by Crippen LogP contribution is 2.31. The van der Waals surface area contributed by atoms with Crippen molar-refractivity contribution in [2.75, 3.05) is 6.54 Å². The van der Waals surface area contributed by atoms with Crippen LogP contribution in [0.2, 0.25) is 0 Å². The zero-order chi connectivity index (χ0) is 21.9. The summed E-state index contributed by atoms with van der Waals surface area (Å²) in [7, 11) is 0. The predicted molar refractivity (Wildman–Crippen MR) is 127 cm³/mol. The third-order valence-corrected chi connectivity index (χ3v) is 5.94. The van der Waals surface area contributed by atoms with Crippen molar-refractivity contribution in [3.8, 4) is 11.5 Å². The normalized spacial score (nSPS) is 13.3. The molecule has 0 amide bonds. The largest absolute Gasteiger partial charge is 0.419 e. The molecule has 5 nitrogen and oxygen atoms in total. The second-order valence-electron chi connectivity index (χ2n) is 8.19. The van der Waals surface area contributed by atoms with E-state index >= 15 is 0 Å². The number of benzene rings is 3. The number of nitrogens with zero attached hydrogens (tertiary/aromatic N) is 2. The molecule has 0 aliphatic rings. The van der Waals surface area contributed by atoms with Crippen molar-refractivity contribution in [3.63, 3.8) is 0 Å². The Hall–Kier alpha value is -3.70. The Labute approximate surface area is 187 Å². The van der Waals surface area contributed by atoms with Crippen molar-refractivity contribution in [1.82, 2.24) is 20.5 Å². The van der Waals surface area contributed by atoms with Crippen LogP contribution in [0, 0.1) is 6.92 Å². The van der Waals surface area contributed by atoms with Gasteiger partial charge in [-0.05, 0) is 43.2 Å². The first kappa shape index (κ1) is 20.2. The molecule has 2 N–H and O–H groups in total. The van der Waals surface area contributed by atoms with Crippen molar-refractivity contribution in [2.24, 2.45) is 0 Å². The average molecular weight is 423 g/mol. The van der Waals surface area contributed by atoms with Gasteiger partial charge in [0.25, 0.3) is 0 Å². The van der Waals surface area contributed by atoms with Gasteiger partial charge >= 0.3 is 0 Å². The minimum Gasteiger partial charge on any atom is -0.419 e. The number of aromatic amines is 1. The Balaban J connectivity index is 1.37. The van der Waals surface area contributed by atoms with E-state index in [-0.39, 0.29) is 12.0 Å². The van der Waals surface area contributed by atoms with Gasteiger partial charge in [0.15, 0.2) is 0 Å². The molecule has 5 rings (SSSR count). The molecule has 0 radical (unpaired) electrons. The van der Waals surface area contributed by atoms with Crippen LogP contribution in [0.5, 0.6) is 0 Å². The molecule has 32 heavy (non-hydrogen) atoms. The van der Waals surface area contributed by atoms with Crippen LogP contribution in [0.4, 0.5) is 0 Å². The summed E-state index contributed by atoms with van der Waals surface area (Å²) in [5, 5.41) is 13.4. The van der Waals surface area contributed by atoms with Crippen molar-refractivity contribution in [1.29, 1.82) is 0 Å². The first-order valence-corrected chi connectivity index (χ1v) is 10.9. The summed E-state index contributed by atoms with van der Waals surface area (Å²) >= 11 is 0. The van der Waals surface area contributed by atoms with E-state index in [0.717, 1.165) is 17.6 Å². The predicted octanol–water partition coefficient (Wildman–Crippen LogP) is 6.01. The average Bonchev–Trinajstić information content (AvgIpc) is 3.49. The van der Waals surface area contributed by atoms with Gasteiger partial charge < -0.3 is 14.7 Å². The lowest BCUT2D eigenvalue weighted by Gasteiger charge is -2.20. The Morgan fingerprint density at radius 3 is 2.47 bits per heavy atom. The number of nitrogens with one attached hydrogen (secondary N) is 2. The van der Waals surface area contributed by atoms with Crippen LogP contribution in [-0.2, 0) is 0 Å². The number of H-pyrrole nitrogens is 1. The van der Waals surface area contributed by atoms with Crippen molar-refractivity contribution < 1.29 is 4.42 Å². The van der Waals surface area contributed by atoms with Gasteiger partial charge in [-0.15, -0.1) is 10.2 Å². The highest BCUT2D eigenvalue weighted by Gasteiger charge is 2.21. The molecule has 0 saturated heterocycles.